The zero-order valence-electron chi connectivity index (χ0n) is 17.1. The summed E-state index contributed by atoms with van der Waals surface area (Å²) in [6.07, 6.45) is -3.06. The second-order valence-corrected chi connectivity index (χ2v) is 7.94. The molecule has 0 saturated carbocycles. The molecule has 2 aliphatic rings. The van der Waals surface area contributed by atoms with Crippen molar-refractivity contribution in [1.82, 2.24) is 9.80 Å². The SMILES string of the molecule is CC(C(=O)N1CC(=O)Nc2cc(C(F)(F)F)ccc21)N1CCCC(C(=O)N(C)C)C1. The lowest BCUT2D eigenvalue weighted by Gasteiger charge is -2.39. The van der Waals surface area contributed by atoms with Crippen LogP contribution in [0.2, 0.25) is 0 Å². The molecular formula is C20H25F3N4O3. The number of anilines is 2. The minimum absolute atomic E-state index is 0.00160. The van der Waals surface area contributed by atoms with Crippen LogP contribution in [0.3, 0.4) is 0 Å². The standard InChI is InChI=1S/C20H25F3N4O3/c1-12(26-8-4-5-13(10-26)19(30)25(2)3)18(29)27-11-17(28)24-15-9-14(20(21,22)23)6-7-16(15)27/h6-7,9,12-13H,4-5,8,10-11H2,1-3H3,(H,24,28). The number of alkyl halides is 3. The van der Waals surface area contributed by atoms with Gasteiger partial charge in [-0.1, -0.05) is 0 Å². The predicted molar refractivity (Wildman–Crippen MR) is 105 cm³/mol. The molecule has 10 heteroatoms. The van der Waals surface area contributed by atoms with E-state index in [1.807, 2.05) is 4.90 Å². The average molecular weight is 426 g/mol. The van der Waals surface area contributed by atoms with Crippen molar-refractivity contribution in [1.29, 1.82) is 0 Å². The molecule has 1 N–H and O–H groups in total. The normalized spacial score (nSPS) is 20.9. The first-order chi connectivity index (χ1) is 14.0. The van der Waals surface area contributed by atoms with Crippen molar-refractivity contribution in [2.45, 2.75) is 32.0 Å². The largest absolute Gasteiger partial charge is 0.416 e. The van der Waals surface area contributed by atoms with Crippen molar-refractivity contribution in [2.75, 3.05) is 43.9 Å². The maximum Gasteiger partial charge on any atom is 0.416 e. The molecule has 3 amide bonds. The summed E-state index contributed by atoms with van der Waals surface area (Å²) in [4.78, 5) is 42.2. The smallest absolute Gasteiger partial charge is 0.349 e. The Balaban J connectivity index is 1.81. The van der Waals surface area contributed by atoms with E-state index in [1.54, 1.807) is 21.0 Å². The van der Waals surface area contributed by atoms with Gasteiger partial charge >= 0.3 is 6.18 Å². The van der Waals surface area contributed by atoms with Crippen molar-refractivity contribution >= 4 is 29.1 Å². The van der Waals surface area contributed by atoms with Gasteiger partial charge in [-0.25, -0.2) is 0 Å². The summed E-state index contributed by atoms with van der Waals surface area (Å²) >= 11 is 0. The quantitative estimate of drug-likeness (QED) is 0.804. The first-order valence-electron chi connectivity index (χ1n) is 9.76. The average Bonchev–Trinajstić information content (AvgIpc) is 2.70. The van der Waals surface area contributed by atoms with Crippen molar-refractivity contribution in [3.8, 4) is 0 Å². The highest BCUT2D eigenvalue weighted by Gasteiger charge is 2.37. The summed E-state index contributed by atoms with van der Waals surface area (Å²) < 4.78 is 39.0. The van der Waals surface area contributed by atoms with Crippen LogP contribution in [0.25, 0.3) is 0 Å². The molecule has 2 aliphatic heterocycles. The van der Waals surface area contributed by atoms with Gasteiger partial charge < -0.3 is 10.2 Å². The summed E-state index contributed by atoms with van der Waals surface area (Å²) in [5.41, 5.74) is -0.705. The number of nitrogens with one attached hydrogen (secondary N) is 1. The number of amides is 3. The molecule has 0 aliphatic carbocycles. The zero-order valence-corrected chi connectivity index (χ0v) is 17.1. The Hall–Kier alpha value is -2.62. The number of carbonyl (C=O) groups is 3. The Kier molecular flexibility index (Phi) is 6.07. The van der Waals surface area contributed by atoms with E-state index in [0.29, 0.717) is 13.1 Å². The summed E-state index contributed by atoms with van der Waals surface area (Å²) in [5, 5.41) is 2.41. The van der Waals surface area contributed by atoms with E-state index < -0.39 is 23.7 Å². The lowest BCUT2D eigenvalue weighted by atomic mass is 9.95. The summed E-state index contributed by atoms with van der Waals surface area (Å²) in [5.74, 6) is -1.15. The van der Waals surface area contributed by atoms with E-state index in [1.165, 1.54) is 15.9 Å². The fraction of sp³-hybridized carbons (Fsp3) is 0.550. The molecule has 1 fully saturated rings. The molecule has 1 aromatic carbocycles. The van der Waals surface area contributed by atoms with Crippen LogP contribution in [0.4, 0.5) is 24.5 Å². The molecule has 0 radical (unpaired) electrons. The highest BCUT2D eigenvalue weighted by molar-refractivity contribution is 6.11. The molecule has 0 spiro atoms. The highest BCUT2D eigenvalue weighted by Crippen LogP contribution is 2.37. The van der Waals surface area contributed by atoms with Crippen LogP contribution in [-0.2, 0) is 20.6 Å². The summed E-state index contributed by atoms with van der Waals surface area (Å²) in [6.45, 7) is 2.48. The molecule has 0 aromatic heterocycles. The van der Waals surface area contributed by atoms with Crippen LogP contribution in [0.5, 0.6) is 0 Å². The van der Waals surface area contributed by atoms with Gasteiger partial charge in [-0.15, -0.1) is 0 Å². The Morgan fingerprint density at radius 1 is 1.27 bits per heavy atom. The first kappa shape index (κ1) is 22.1. The van der Waals surface area contributed by atoms with E-state index in [-0.39, 0.29) is 35.7 Å². The highest BCUT2D eigenvalue weighted by atomic mass is 19.4. The predicted octanol–water partition coefficient (Wildman–Crippen LogP) is 2.18. The van der Waals surface area contributed by atoms with Gasteiger partial charge in [0.25, 0.3) is 0 Å². The minimum atomic E-state index is -4.55. The number of rotatable bonds is 3. The minimum Gasteiger partial charge on any atom is -0.349 e. The second kappa shape index (κ2) is 8.25. The van der Waals surface area contributed by atoms with Gasteiger partial charge in [0, 0.05) is 20.6 Å². The summed E-state index contributed by atoms with van der Waals surface area (Å²) in [6, 6.07) is 2.32. The van der Waals surface area contributed by atoms with Crippen molar-refractivity contribution < 1.29 is 27.6 Å². The van der Waals surface area contributed by atoms with Crippen LogP contribution in [0.15, 0.2) is 18.2 Å². The van der Waals surface area contributed by atoms with Crippen molar-refractivity contribution in [3.05, 3.63) is 23.8 Å². The Morgan fingerprint density at radius 3 is 2.60 bits per heavy atom. The van der Waals surface area contributed by atoms with Gasteiger partial charge in [0.05, 0.1) is 28.9 Å². The third kappa shape index (κ3) is 4.43. The lowest BCUT2D eigenvalue weighted by Crippen LogP contribution is -2.54. The zero-order chi connectivity index (χ0) is 22.2. The Bertz CT molecular complexity index is 856. The fourth-order valence-electron chi connectivity index (χ4n) is 3.97. The number of hydrogen-bond donors (Lipinski definition) is 1. The molecule has 30 heavy (non-hydrogen) atoms. The number of likely N-dealkylation sites (tertiary alicyclic amines) is 1. The number of fused-ring (bicyclic) bond motifs is 1. The van der Waals surface area contributed by atoms with Gasteiger partial charge in [-0.3, -0.25) is 24.2 Å². The van der Waals surface area contributed by atoms with E-state index >= 15 is 0 Å². The fourth-order valence-corrected chi connectivity index (χ4v) is 3.97. The van der Waals surface area contributed by atoms with Gasteiger partial charge in [-0.2, -0.15) is 13.2 Å². The third-order valence-corrected chi connectivity index (χ3v) is 5.60. The van der Waals surface area contributed by atoms with E-state index in [4.69, 9.17) is 0 Å². The Morgan fingerprint density at radius 2 is 1.97 bits per heavy atom. The maximum atomic E-state index is 13.2. The number of carbonyl (C=O) groups excluding carboxylic acids is 3. The van der Waals surface area contributed by atoms with E-state index in [9.17, 15) is 27.6 Å². The summed E-state index contributed by atoms with van der Waals surface area (Å²) in [7, 11) is 3.38. The lowest BCUT2D eigenvalue weighted by molar-refractivity contribution is -0.137. The Labute approximate surface area is 172 Å². The number of piperidine rings is 1. The monoisotopic (exact) mass is 426 g/mol. The van der Waals surface area contributed by atoms with Crippen LogP contribution >= 0.6 is 0 Å². The molecule has 2 unspecified atom stereocenters. The van der Waals surface area contributed by atoms with E-state index in [0.717, 1.165) is 25.0 Å². The van der Waals surface area contributed by atoms with Crippen LogP contribution in [-0.4, -0.2) is 67.3 Å². The van der Waals surface area contributed by atoms with Gasteiger partial charge in [0.2, 0.25) is 17.7 Å². The number of benzene rings is 1. The molecule has 3 rings (SSSR count). The molecule has 1 aromatic rings. The third-order valence-electron chi connectivity index (χ3n) is 5.60. The molecular weight excluding hydrogens is 401 g/mol. The molecule has 2 atom stereocenters. The van der Waals surface area contributed by atoms with Crippen LogP contribution < -0.4 is 10.2 Å². The molecule has 7 nitrogen and oxygen atoms in total. The van der Waals surface area contributed by atoms with E-state index in [2.05, 4.69) is 5.32 Å². The van der Waals surface area contributed by atoms with Gasteiger partial charge in [-0.05, 0) is 44.5 Å². The van der Waals surface area contributed by atoms with Gasteiger partial charge in [0.1, 0.15) is 6.54 Å². The topological polar surface area (TPSA) is 73.0 Å². The molecule has 164 valence electrons. The van der Waals surface area contributed by atoms with Crippen molar-refractivity contribution in [2.24, 2.45) is 5.92 Å². The van der Waals surface area contributed by atoms with Gasteiger partial charge in [0.15, 0.2) is 0 Å². The van der Waals surface area contributed by atoms with Crippen LogP contribution in [0.1, 0.15) is 25.3 Å². The number of halogens is 3. The van der Waals surface area contributed by atoms with Crippen LogP contribution in [0, 0.1) is 5.92 Å². The second-order valence-electron chi connectivity index (χ2n) is 7.94. The molecule has 1 saturated heterocycles. The maximum absolute atomic E-state index is 13.2. The molecule has 2 heterocycles. The number of hydrogen-bond acceptors (Lipinski definition) is 4. The molecule has 0 bridgehead atoms. The first-order valence-corrected chi connectivity index (χ1v) is 9.76. The number of nitrogens with zero attached hydrogens (tertiary/aromatic N) is 3. The van der Waals surface area contributed by atoms with Crippen molar-refractivity contribution in [3.63, 3.8) is 0 Å².